The number of benzene rings is 3. The molecule has 41 heavy (non-hydrogen) atoms. The lowest BCUT2D eigenvalue weighted by Crippen LogP contribution is -2.41. The summed E-state index contributed by atoms with van der Waals surface area (Å²) < 4.78 is 0. The summed E-state index contributed by atoms with van der Waals surface area (Å²) in [5.41, 5.74) is 6.59. The largest absolute Gasteiger partial charge is 0.478 e. The molecule has 212 valence electrons. The number of rotatable bonds is 7. The minimum Gasteiger partial charge on any atom is -0.478 e. The van der Waals surface area contributed by atoms with Crippen LogP contribution in [0, 0.1) is 17.8 Å². The van der Waals surface area contributed by atoms with E-state index in [1.54, 1.807) is 18.2 Å². The smallest absolute Gasteiger partial charge is 0.335 e. The maximum absolute atomic E-state index is 13.6. The van der Waals surface area contributed by atoms with Crippen molar-refractivity contribution in [2.75, 3.05) is 6.54 Å². The Kier molecular flexibility index (Phi) is 7.65. The Labute approximate surface area is 241 Å². The molecule has 3 aromatic rings. The number of carbonyl (C=O) groups excluding carboxylic acids is 2. The zero-order valence-corrected chi connectivity index (χ0v) is 23.6. The maximum atomic E-state index is 13.6. The quantitative estimate of drug-likeness (QED) is 0.368. The lowest BCUT2D eigenvalue weighted by atomic mass is 9.81. The van der Waals surface area contributed by atoms with Gasteiger partial charge in [-0.25, -0.2) is 4.79 Å². The molecular formula is C35H38N2O4. The van der Waals surface area contributed by atoms with Gasteiger partial charge in [0.15, 0.2) is 0 Å². The minimum atomic E-state index is -0.951. The fourth-order valence-electron chi connectivity index (χ4n) is 6.82. The predicted molar refractivity (Wildman–Crippen MR) is 158 cm³/mol. The Morgan fingerprint density at radius 2 is 1.71 bits per heavy atom. The lowest BCUT2D eigenvalue weighted by Gasteiger charge is -2.36. The van der Waals surface area contributed by atoms with Crippen LogP contribution >= 0.6 is 0 Å². The van der Waals surface area contributed by atoms with Crippen LogP contribution in [-0.2, 0) is 29.1 Å². The molecule has 2 unspecified atom stereocenters. The van der Waals surface area contributed by atoms with Crippen LogP contribution in [-0.4, -0.2) is 34.3 Å². The third-order valence-electron chi connectivity index (χ3n) is 9.41. The van der Waals surface area contributed by atoms with Gasteiger partial charge < -0.3 is 15.3 Å². The van der Waals surface area contributed by atoms with E-state index in [0.29, 0.717) is 32.0 Å². The molecule has 1 heterocycles. The molecule has 0 radical (unpaired) electrons. The second kappa shape index (κ2) is 11.5. The van der Waals surface area contributed by atoms with Crippen molar-refractivity contribution in [1.82, 2.24) is 10.2 Å². The van der Waals surface area contributed by atoms with Crippen LogP contribution < -0.4 is 5.32 Å². The van der Waals surface area contributed by atoms with Crippen LogP contribution in [0.1, 0.15) is 77.6 Å². The normalized spacial score (nSPS) is 23.4. The molecule has 2 aliphatic carbocycles. The Morgan fingerprint density at radius 3 is 2.46 bits per heavy atom. The molecule has 6 heteroatoms. The van der Waals surface area contributed by atoms with Crippen molar-refractivity contribution in [2.45, 2.75) is 64.5 Å². The van der Waals surface area contributed by atoms with Crippen LogP contribution in [0.3, 0.4) is 0 Å². The molecule has 6 nitrogen and oxygen atoms in total. The van der Waals surface area contributed by atoms with Crippen molar-refractivity contribution >= 4 is 17.8 Å². The van der Waals surface area contributed by atoms with Crippen molar-refractivity contribution in [1.29, 1.82) is 0 Å². The van der Waals surface area contributed by atoms with E-state index in [0.717, 1.165) is 59.9 Å². The number of carboxylic acid groups (broad SMARTS) is 1. The van der Waals surface area contributed by atoms with Crippen LogP contribution in [0.4, 0.5) is 0 Å². The molecule has 3 aromatic carbocycles. The Bertz CT molecular complexity index is 1460. The van der Waals surface area contributed by atoms with Gasteiger partial charge in [0.25, 0.3) is 0 Å². The summed E-state index contributed by atoms with van der Waals surface area (Å²) in [5.74, 6) is 0.431. The summed E-state index contributed by atoms with van der Waals surface area (Å²) in [7, 11) is 0. The molecule has 2 atom stereocenters. The van der Waals surface area contributed by atoms with Gasteiger partial charge in [0.2, 0.25) is 11.8 Å². The van der Waals surface area contributed by atoms with E-state index in [1.807, 2.05) is 41.3 Å². The molecular weight excluding hydrogens is 512 g/mol. The number of carboxylic acids is 1. The van der Waals surface area contributed by atoms with Gasteiger partial charge in [0, 0.05) is 31.5 Å². The first-order chi connectivity index (χ1) is 19.9. The number of fused-ring (bicyclic) bond motifs is 1. The third kappa shape index (κ3) is 5.79. The highest BCUT2D eigenvalue weighted by Gasteiger charge is 2.43. The predicted octanol–water partition coefficient (Wildman–Crippen LogP) is 6.18. The molecule has 1 aliphatic heterocycles. The van der Waals surface area contributed by atoms with Gasteiger partial charge in [-0.05, 0) is 95.9 Å². The molecule has 2 N–H and O–H groups in total. The van der Waals surface area contributed by atoms with E-state index >= 15 is 0 Å². The van der Waals surface area contributed by atoms with E-state index in [4.69, 9.17) is 0 Å². The first-order valence-electron chi connectivity index (χ1n) is 15.0. The van der Waals surface area contributed by atoms with Gasteiger partial charge in [0.05, 0.1) is 5.56 Å². The average Bonchev–Trinajstić information content (AvgIpc) is 3.81. The Hall–Kier alpha value is -3.93. The van der Waals surface area contributed by atoms with Crippen molar-refractivity contribution in [3.63, 3.8) is 0 Å². The Morgan fingerprint density at radius 1 is 0.927 bits per heavy atom. The molecule has 0 bridgehead atoms. The van der Waals surface area contributed by atoms with Gasteiger partial charge in [-0.15, -0.1) is 0 Å². The van der Waals surface area contributed by atoms with Gasteiger partial charge in [-0.2, -0.15) is 0 Å². The first kappa shape index (κ1) is 27.3. The van der Waals surface area contributed by atoms with E-state index < -0.39 is 5.97 Å². The van der Waals surface area contributed by atoms with Crippen LogP contribution in [0.5, 0.6) is 0 Å². The van der Waals surface area contributed by atoms with Crippen LogP contribution in [0.25, 0.3) is 11.1 Å². The van der Waals surface area contributed by atoms with E-state index in [1.165, 1.54) is 5.56 Å². The maximum Gasteiger partial charge on any atom is 0.335 e. The van der Waals surface area contributed by atoms with Crippen molar-refractivity contribution in [2.24, 2.45) is 17.8 Å². The van der Waals surface area contributed by atoms with Gasteiger partial charge >= 0.3 is 5.97 Å². The van der Waals surface area contributed by atoms with Crippen molar-refractivity contribution < 1.29 is 19.5 Å². The minimum absolute atomic E-state index is 0.00183. The molecule has 6 rings (SSSR count). The topological polar surface area (TPSA) is 86.7 Å². The highest BCUT2D eigenvalue weighted by molar-refractivity contribution is 5.90. The molecule has 0 aromatic heterocycles. The number of hydrogen-bond donors (Lipinski definition) is 2. The first-order valence-corrected chi connectivity index (χ1v) is 15.0. The summed E-state index contributed by atoms with van der Waals surface area (Å²) in [4.78, 5) is 40.3. The van der Waals surface area contributed by atoms with Crippen molar-refractivity contribution in [3.05, 3.63) is 94.5 Å². The standard InChI is InChI=1S/C35H38N2O4/c1-22-10-12-24(13-11-22)34(39)37-17-16-29-28(25-8-5-9-26(18-25)35(40)41)15-14-27(32(29)21-37)20-36-33(38)31-19-30(31)23-6-3-2-4-7-23/h2-9,14-15,18,22,24,30-31H,10-13,16-17,19-21H2,1H3,(H,36,38)(H,40,41). The number of hydrogen-bond acceptors (Lipinski definition) is 3. The zero-order chi connectivity index (χ0) is 28.5. The van der Waals surface area contributed by atoms with E-state index in [-0.39, 0.29) is 35.1 Å². The second-order valence-corrected chi connectivity index (χ2v) is 12.2. The SMILES string of the molecule is CC1CCC(C(=O)N2CCc3c(-c4cccc(C(=O)O)c4)ccc(CNC(=O)C4CC4c4ccccc4)c3C2)CC1. The van der Waals surface area contributed by atoms with Crippen molar-refractivity contribution in [3.8, 4) is 11.1 Å². The summed E-state index contributed by atoms with van der Waals surface area (Å²) in [6.45, 7) is 3.86. The Balaban J connectivity index is 1.25. The highest BCUT2D eigenvalue weighted by atomic mass is 16.4. The van der Waals surface area contributed by atoms with E-state index in [9.17, 15) is 19.5 Å². The lowest BCUT2D eigenvalue weighted by molar-refractivity contribution is -0.137. The van der Waals surface area contributed by atoms with Gasteiger partial charge in [-0.3, -0.25) is 9.59 Å². The number of amides is 2. The molecule has 3 aliphatic rings. The number of aromatic carboxylic acids is 1. The summed E-state index contributed by atoms with van der Waals surface area (Å²) in [5, 5.41) is 12.7. The number of nitrogens with zero attached hydrogens (tertiary/aromatic N) is 1. The fourth-order valence-corrected chi connectivity index (χ4v) is 6.82. The van der Waals surface area contributed by atoms with Crippen LogP contribution in [0.15, 0.2) is 66.7 Å². The van der Waals surface area contributed by atoms with Crippen LogP contribution in [0.2, 0.25) is 0 Å². The van der Waals surface area contributed by atoms with Gasteiger partial charge in [0.1, 0.15) is 0 Å². The fraction of sp³-hybridized carbons (Fsp3) is 0.400. The molecule has 0 saturated heterocycles. The third-order valence-corrected chi connectivity index (χ3v) is 9.41. The van der Waals surface area contributed by atoms with Gasteiger partial charge in [-0.1, -0.05) is 61.5 Å². The molecule has 2 fully saturated rings. The number of carbonyl (C=O) groups is 3. The molecule has 0 spiro atoms. The summed E-state index contributed by atoms with van der Waals surface area (Å²) >= 11 is 0. The molecule has 2 saturated carbocycles. The monoisotopic (exact) mass is 550 g/mol. The van der Waals surface area contributed by atoms with E-state index in [2.05, 4.69) is 24.4 Å². The average molecular weight is 551 g/mol. The summed E-state index contributed by atoms with van der Waals surface area (Å²) in [6, 6.07) is 21.3. The second-order valence-electron chi connectivity index (χ2n) is 12.2. The molecule has 2 amide bonds. The number of nitrogens with one attached hydrogen (secondary N) is 1. The highest BCUT2D eigenvalue weighted by Crippen LogP contribution is 2.47. The zero-order valence-electron chi connectivity index (χ0n) is 23.6. The summed E-state index contributed by atoms with van der Waals surface area (Å²) in [6.07, 6.45) is 5.70.